The second-order valence-corrected chi connectivity index (χ2v) is 9.02. The first kappa shape index (κ1) is 24.9. The van der Waals surface area contributed by atoms with Crippen molar-refractivity contribution >= 4 is 17.5 Å². The van der Waals surface area contributed by atoms with E-state index in [1.165, 1.54) is 0 Å². The van der Waals surface area contributed by atoms with E-state index in [4.69, 9.17) is 10.5 Å². The summed E-state index contributed by atoms with van der Waals surface area (Å²) in [4.78, 5) is 39.8. The molecule has 0 fully saturated rings. The highest BCUT2D eigenvalue weighted by atomic mass is 16.5. The van der Waals surface area contributed by atoms with Crippen LogP contribution in [-0.2, 0) is 16.0 Å². The minimum atomic E-state index is -2.54. The molecule has 33 heavy (non-hydrogen) atoms. The van der Waals surface area contributed by atoms with E-state index in [0.717, 1.165) is 12.0 Å². The number of carbonyl (C=O) groups is 3. The second kappa shape index (κ2) is 9.62. The number of primary amides is 1. The zero-order valence-electron chi connectivity index (χ0n) is 19.2. The summed E-state index contributed by atoms with van der Waals surface area (Å²) in [6.45, 7) is 1.94. The van der Waals surface area contributed by atoms with Crippen LogP contribution in [-0.4, -0.2) is 76.6 Å². The summed E-state index contributed by atoms with van der Waals surface area (Å²) in [5.41, 5.74) is 3.67. The topological polar surface area (TPSA) is 150 Å². The molecule has 0 radical (unpaired) electrons. The van der Waals surface area contributed by atoms with Gasteiger partial charge in [-0.2, -0.15) is 0 Å². The third-order valence-electron chi connectivity index (χ3n) is 6.69. The van der Waals surface area contributed by atoms with Crippen LogP contribution in [0.25, 0.3) is 0 Å². The van der Waals surface area contributed by atoms with E-state index in [2.05, 4.69) is 0 Å². The molecule has 5 N–H and O–H groups in total. The Bertz CT molecular complexity index is 987. The van der Waals surface area contributed by atoms with Gasteiger partial charge in [-0.1, -0.05) is 19.1 Å². The molecule has 180 valence electrons. The van der Waals surface area contributed by atoms with Crippen molar-refractivity contribution < 1.29 is 34.4 Å². The van der Waals surface area contributed by atoms with Gasteiger partial charge in [-0.15, -0.1) is 0 Å². The lowest BCUT2D eigenvalue weighted by Crippen LogP contribution is -2.60. The first-order valence-corrected chi connectivity index (χ1v) is 11.1. The molecule has 2 aliphatic carbocycles. The van der Waals surface area contributed by atoms with Gasteiger partial charge >= 0.3 is 0 Å². The van der Waals surface area contributed by atoms with E-state index in [0.29, 0.717) is 24.3 Å². The predicted octanol–water partition coefficient (Wildman–Crippen LogP) is 0.761. The van der Waals surface area contributed by atoms with Crippen LogP contribution in [0.4, 0.5) is 0 Å². The standard InChI is InChI=1S/C24H32N2O7/c1-4-8-33-17-7-5-6-13-9-14-10-15(16(12-27)26(2)3)24(32,18(28)11-19(25)29)23(31)21(14)22(30)20(13)17/h5-7,14-16,27,31-32H,4,8-12H2,1-3H3,(H2,25,29)/t14-,15-,16+,24+/m0/s1. The van der Waals surface area contributed by atoms with Crippen LogP contribution in [0.1, 0.15) is 42.1 Å². The zero-order chi connectivity index (χ0) is 24.5. The number of allylic oxidation sites excluding steroid dienone is 1. The van der Waals surface area contributed by atoms with Gasteiger partial charge in [0.1, 0.15) is 11.5 Å². The molecule has 0 spiro atoms. The van der Waals surface area contributed by atoms with Crippen molar-refractivity contribution in [2.24, 2.45) is 17.6 Å². The van der Waals surface area contributed by atoms with Crippen LogP contribution in [0.3, 0.4) is 0 Å². The van der Waals surface area contributed by atoms with E-state index in [1.807, 2.05) is 13.0 Å². The summed E-state index contributed by atoms with van der Waals surface area (Å²) in [6, 6.07) is 4.58. The molecular weight excluding hydrogens is 428 g/mol. The minimum absolute atomic E-state index is 0.0536. The lowest BCUT2D eigenvalue weighted by molar-refractivity contribution is -0.151. The monoisotopic (exact) mass is 460 g/mol. The number of nitrogens with two attached hydrogens (primary N) is 1. The molecule has 1 aromatic carbocycles. The number of amides is 1. The maximum absolute atomic E-state index is 13.6. The summed E-state index contributed by atoms with van der Waals surface area (Å²) < 4.78 is 5.74. The number of nitrogens with zero attached hydrogens (tertiary/aromatic N) is 1. The van der Waals surface area contributed by atoms with Crippen molar-refractivity contribution in [3.05, 3.63) is 40.7 Å². The van der Waals surface area contributed by atoms with Gasteiger partial charge < -0.3 is 30.7 Å². The number of hydrogen-bond donors (Lipinski definition) is 4. The van der Waals surface area contributed by atoms with Crippen LogP contribution in [0, 0.1) is 11.8 Å². The van der Waals surface area contributed by atoms with E-state index < -0.39 is 59.7 Å². The molecule has 1 aromatic rings. The molecule has 1 amide bonds. The predicted molar refractivity (Wildman–Crippen MR) is 120 cm³/mol. The lowest BCUT2D eigenvalue weighted by atomic mass is 9.61. The third kappa shape index (κ3) is 4.28. The highest BCUT2D eigenvalue weighted by Gasteiger charge is 2.57. The van der Waals surface area contributed by atoms with Crippen LogP contribution >= 0.6 is 0 Å². The summed E-state index contributed by atoms with van der Waals surface area (Å²) in [7, 11) is 3.35. The van der Waals surface area contributed by atoms with Crippen LogP contribution in [0.15, 0.2) is 29.5 Å². The molecule has 3 rings (SSSR count). The van der Waals surface area contributed by atoms with Gasteiger partial charge in [0.15, 0.2) is 17.2 Å². The quantitative estimate of drug-likeness (QED) is 0.395. The number of hydrogen-bond acceptors (Lipinski definition) is 8. The van der Waals surface area contributed by atoms with Gasteiger partial charge in [0, 0.05) is 17.5 Å². The Kier molecular flexibility index (Phi) is 7.26. The molecule has 0 saturated carbocycles. The number of aliphatic hydroxyl groups excluding tert-OH is 2. The number of benzene rings is 1. The summed E-state index contributed by atoms with van der Waals surface area (Å²) in [5, 5.41) is 32.9. The molecule has 4 atom stereocenters. The lowest BCUT2D eigenvalue weighted by Gasteiger charge is -2.47. The smallest absolute Gasteiger partial charge is 0.225 e. The van der Waals surface area contributed by atoms with Gasteiger partial charge in [-0.25, -0.2) is 0 Å². The summed E-state index contributed by atoms with van der Waals surface area (Å²) in [5.74, 6) is -4.31. The van der Waals surface area contributed by atoms with Crippen LogP contribution in [0.2, 0.25) is 0 Å². The number of fused-ring (bicyclic) bond motifs is 2. The summed E-state index contributed by atoms with van der Waals surface area (Å²) in [6.07, 6.45) is 0.474. The van der Waals surface area contributed by atoms with E-state index in [1.54, 1.807) is 31.1 Å². The van der Waals surface area contributed by atoms with Crippen molar-refractivity contribution in [2.75, 3.05) is 27.3 Å². The largest absolute Gasteiger partial charge is 0.508 e. The number of ketones is 2. The van der Waals surface area contributed by atoms with Crippen molar-refractivity contribution in [1.82, 2.24) is 4.90 Å². The molecule has 9 heteroatoms. The fourth-order valence-corrected chi connectivity index (χ4v) is 5.10. The number of likely N-dealkylation sites (N-methyl/N-ethyl adjacent to an activating group) is 1. The minimum Gasteiger partial charge on any atom is -0.508 e. The fraction of sp³-hybridized carbons (Fsp3) is 0.542. The maximum Gasteiger partial charge on any atom is 0.225 e. The van der Waals surface area contributed by atoms with Crippen LogP contribution in [0.5, 0.6) is 5.75 Å². The van der Waals surface area contributed by atoms with E-state index in [-0.39, 0.29) is 12.0 Å². The number of Topliss-reactive ketones (excluding diaryl/α,β-unsaturated/α-hetero) is 2. The average molecular weight is 461 g/mol. The molecule has 0 heterocycles. The molecule has 0 saturated heterocycles. The van der Waals surface area contributed by atoms with Gasteiger partial charge in [0.05, 0.1) is 25.2 Å². The van der Waals surface area contributed by atoms with Gasteiger partial charge in [-0.3, -0.25) is 14.4 Å². The van der Waals surface area contributed by atoms with Crippen molar-refractivity contribution in [2.45, 2.75) is 44.2 Å². The fourth-order valence-electron chi connectivity index (χ4n) is 5.10. The number of rotatable bonds is 9. The maximum atomic E-state index is 13.6. The molecule has 0 aromatic heterocycles. The molecule has 2 aliphatic rings. The Morgan fingerprint density at radius 1 is 1.33 bits per heavy atom. The SMILES string of the molecule is CCCOc1cccc2c1C(=O)C1=C(O)[C@](O)(C(=O)CC(N)=O)[C@H]([C@@H](CO)N(C)C)C[C@@H]1C2. The highest BCUT2D eigenvalue weighted by molar-refractivity contribution is 6.14. The Morgan fingerprint density at radius 3 is 2.61 bits per heavy atom. The highest BCUT2D eigenvalue weighted by Crippen LogP contribution is 2.49. The molecule has 0 bridgehead atoms. The number of aliphatic hydroxyl groups is 3. The molecule has 0 unspecified atom stereocenters. The van der Waals surface area contributed by atoms with Gasteiger partial charge in [0.2, 0.25) is 5.91 Å². The first-order chi connectivity index (χ1) is 15.6. The zero-order valence-corrected chi connectivity index (χ0v) is 19.2. The van der Waals surface area contributed by atoms with E-state index in [9.17, 15) is 29.7 Å². The normalized spacial score (nSPS) is 25.5. The Labute approximate surface area is 192 Å². The second-order valence-electron chi connectivity index (χ2n) is 9.02. The molecule has 9 nitrogen and oxygen atoms in total. The first-order valence-electron chi connectivity index (χ1n) is 11.1. The molecule has 0 aliphatic heterocycles. The van der Waals surface area contributed by atoms with Crippen molar-refractivity contribution in [3.8, 4) is 5.75 Å². The van der Waals surface area contributed by atoms with Crippen molar-refractivity contribution in [3.63, 3.8) is 0 Å². The molecular formula is C24H32N2O7. The Balaban J connectivity index is 2.19. The van der Waals surface area contributed by atoms with Crippen molar-refractivity contribution in [1.29, 1.82) is 0 Å². The average Bonchev–Trinajstić information content (AvgIpc) is 2.75. The van der Waals surface area contributed by atoms with Gasteiger partial charge in [0.25, 0.3) is 0 Å². The van der Waals surface area contributed by atoms with E-state index >= 15 is 0 Å². The Morgan fingerprint density at radius 2 is 2.03 bits per heavy atom. The van der Waals surface area contributed by atoms with Crippen LogP contribution < -0.4 is 10.5 Å². The number of carbonyl (C=O) groups excluding carboxylic acids is 3. The van der Waals surface area contributed by atoms with Gasteiger partial charge in [-0.05, 0) is 50.9 Å². The Hall–Kier alpha value is -2.75. The summed E-state index contributed by atoms with van der Waals surface area (Å²) >= 11 is 0. The third-order valence-corrected chi connectivity index (χ3v) is 6.69. The number of ether oxygens (including phenoxy) is 1.